The van der Waals surface area contributed by atoms with Crippen molar-refractivity contribution >= 4 is 15.9 Å². The van der Waals surface area contributed by atoms with Gasteiger partial charge >= 0.3 is 0 Å². The normalized spacial score (nSPS) is 17.1. The lowest BCUT2D eigenvalue weighted by Crippen LogP contribution is -2.22. The van der Waals surface area contributed by atoms with Gasteiger partial charge in [-0.2, -0.15) is 0 Å². The van der Waals surface area contributed by atoms with E-state index in [-0.39, 0.29) is 11.9 Å². The Kier molecular flexibility index (Phi) is 4.57. The summed E-state index contributed by atoms with van der Waals surface area (Å²) < 4.78 is 14.6. The van der Waals surface area contributed by atoms with Crippen LogP contribution in [0.25, 0.3) is 0 Å². The van der Waals surface area contributed by atoms with E-state index in [1.807, 2.05) is 12.1 Å². The Morgan fingerprint density at radius 1 is 1.47 bits per heavy atom. The first-order valence-corrected chi connectivity index (χ1v) is 7.19. The molecule has 0 heterocycles. The third-order valence-corrected chi connectivity index (χ3v) is 3.98. The van der Waals surface area contributed by atoms with E-state index in [2.05, 4.69) is 28.2 Å². The van der Waals surface area contributed by atoms with Crippen LogP contribution in [0.4, 0.5) is 4.39 Å². The van der Waals surface area contributed by atoms with Crippen LogP contribution < -0.4 is 5.32 Å². The number of benzene rings is 1. The van der Waals surface area contributed by atoms with E-state index < -0.39 is 0 Å². The van der Waals surface area contributed by atoms with Gasteiger partial charge in [-0.3, -0.25) is 0 Å². The van der Waals surface area contributed by atoms with Crippen LogP contribution in [0.2, 0.25) is 0 Å². The highest BCUT2D eigenvalue weighted by molar-refractivity contribution is 9.10. The van der Waals surface area contributed by atoms with E-state index in [1.54, 1.807) is 6.07 Å². The van der Waals surface area contributed by atoms with Crippen molar-refractivity contribution in [1.29, 1.82) is 0 Å². The summed E-state index contributed by atoms with van der Waals surface area (Å²) in [7, 11) is 0. The SMILES string of the molecule is CCNC(CCC1CC1)c1cccc(Br)c1F. The molecule has 1 unspecified atom stereocenters. The molecule has 1 aliphatic rings. The minimum Gasteiger partial charge on any atom is -0.310 e. The van der Waals surface area contributed by atoms with Crippen molar-refractivity contribution in [3.63, 3.8) is 0 Å². The van der Waals surface area contributed by atoms with Crippen LogP contribution in [0.1, 0.15) is 44.2 Å². The van der Waals surface area contributed by atoms with Crippen LogP contribution in [-0.2, 0) is 0 Å². The molecular weight excluding hydrogens is 281 g/mol. The summed E-state index contributed by atoms with van der Waals surface area (Å²) in [6.07, 6.45) is 4.97. The quantitative estimate of drug-likeness (QED) is 0.819. The Morgan fingerprint density at radius 3 is 2.88 bits per heavy atom. The van der Waals surface area contributed by atoms with Gasteiger partial charge < -0.3 is 5.32 Å². The van der Waals surface area contributed by atoms with Crippen molar-refractivity contribution < 1.29 is 4.39 Å². The molecule has 1 aromatic rings. The van der Waals surface area contributed by atoms with Crippen LogP contribution in [0.5, 0.6) is 0 Å². The number of hydrogen-bond donors (Lipinski definition) is 1. The molecule has 1 fully saturated rings. The Labute approximate surface area is 111 Å². The van der Waals surface area contributed by atoms with Crippen LogP contribution in [0, 0.1) is 11.7 Å². The topological polar surface area (TPSA) is 12.0 Å². The minimum absolute atomic E-state index is 0.116. The maximum Gasteiger partial charge on any atom is 0.142 e. The molecular formula is C14H19BrFN. The molecule has 17 heavy (non-hydrogen) atoms. The van der Waals surface area contributed by atoms with Crippen molar-refractivity contribution in [2.45, 2.75) is 38.6 Å². The Balaban J connectivity index is 2.09. The zero-order chi connectivity index (χ0) is 12.3. The zero-order valence-electron chi connectivity index (χ0n) is 10.2. The van der Waals surface area contributed by atoms with Gasteiger partial charge in [-0.1, -0.05) is 31.9 Å². The summed E-state index contributed by atoms with van der Waals surface area (Å²) in [5.41, 5.74) is 0.793. The van der Waals surface area contributed by atoms with Gasteiger partial charge in [0, 0.05) is 11.6 Å². The van der Waals surface area contributed by atoms with Crippen LogP contribution in [-0.4, -0.2) is 6.54 Å². The van der Waals surface area contributed by atoms with Gasteiger partial charge in [0.25, 0.3) is 0 Å². The van der Waals surface area contributed by atoms with Crippen molar-refractivity contribution in [2.24, 2.45) is 5.92 Å². The molecule has 0 radical (unpaired) electrons. The van der Waals surface area contributed by atoms with E-state index in [4.69, 9.17) is 0 Å². The molecule has 0 spiro atoms. The Hall–Kier alpha value is -0.410. The average Bonchev–Trinajstić information content (AvgIpc) is 3.12. The summed E-state index contributed by atoms with van der Waals surface area (Å²) in [4.78, 5) is 0. The van der Waals surface area contributed by atoms with Gasteiger partial charge in [-0.25, -0.2) is 4.39 Å². The molecule has 1 saturated carbocycles. The lowest BCUT2D eigenvalue weighted by atomic mass is 10.00. The van der Waals surface area contributed by atoms with Gasteiger partial charge in [0.15, 0.2) is 0 Å². The second-order valence-corrected chi connectivity index (χ2v) is 5.63. The molecule has 0 amide bonds. The predicted molar refractivity (Wildman–Crippen MR) is 72.5 cm³/mol. The molecule has 0 bridgehead atoms. The van der Waals surface area contributed by atoms with E-state index in [0.29, 0.717) is 4.47 Å². The second kappa shape index (κ2) is 5.96. The van der Waals surface area contributed by atoms with E-state index in [1.165, 1.54) is 19.3 Å². The maximum atomic E-state index is 14.0. The summed E-state index contributed by atoms with van der Waals surface area (Å²) >= 11 is 3.26. The Morgan fingerprint density at radius 2 is 2.24 bits per heavy atom. The summed E-state index contributed by atoms with van der Waals surface area (Å²) in [5, 5.41) is 3.39. The average molecular weight is 300 g/mol. The molecule has 0 aliphatic heterocycles. The molecule has 1 atom stereocenters. The van der Waals surface area contributed by atoms with Crippen molar-refractivity contribution in [3.05, 3.63) is 34.1 Å². The monoisotopic (exact) mass is 299 g/mol. The smallest absolute Gasteiger partial charge is 0.142 e. The molecule has 2 rings (SSSR count). The van der Waals surface area contributed by atoms with Gasteiger partial charge in [-0.15, -0.1) is 0 Å². The second-order valence-electron chi connectivity index (χ2n) is 4.77. The van der Waals surface area contributed by atoms with Crippen LogP contribution in [0.15, 0.2) is 22.7 Å². The van der Waals surface area contributed by atoms with Crippen molar-refractivity contribution in [1.82, 2.24) is 5.32 Å². The summed E-state index contributed by atoms with van der Waals surface area (Å²) in [5.74, 6) is 0.778. The molecule has 1 N–H and O–H groups in total. The minimum atomic E-state index is -0.116. The largest absolute Gasteiger partial charge is 0.310 e. The van der Waals surface area contributed by atoms with Crippen molar-refractivity contribution in [2.75, 3.05) is 6.54 Å². The molecule has 0 aromatic heterocycles. The summed E-state index contributed by atoms with van der Waals surface area (Å²) in [6, 6.07) is 5.70. The standard InChI is InChI=1S/C14H19BrFN/c1-2-17-13(9-8-10-6-7-10)11-4-3-5-12(15)14(11)16/h3-5,10,13,17H,2,6-9H2,1H3. The maximum absolute atomic E-state index is 14.0. The molecule has 1 aromatic carbocycles. The first kappa shape index (κ1) is 13.0. The highest BCUT2D eigenvalue weighted by Gasteiger charge is 2.24. The highest BCUT2D eigenvalue weighted by atomic mass is 79.9. The van der Waals surface area contributed by atoms with E-state index in [0.717, 1.165) is 24.4 Å². The number of rotatable bonds is 6. The predicted octanol–water partition coefficient (Wildman–Crippen LogP) is 4.43. The van der Waals surface area contributed by atoms with Gasteiger partial charge in [-0.05, 0) is 47.3 Å². The van der Waals surface area contributed by atoms with Gasteiger partial charge in [0.05, 0.1) is 4.47 Å². The number of halogens is 2. The number of hydrogen-bond acceptors (Lipinski definition) is 1. The first-order chi connectivity index (χ1) is 8.22. The van der Waals surface area contributed by atoms with E-state index in [9.17, 15) is 4.39 Å². The fraction of sp³-hybridized carbons (Fsp3) is 0.571. The molecule has 1 aliphatic carbocycles. The van der Waals surface area contributed by atoms with Gasteiger partial charge in [0.1, 0.15) is 5.82 Å². The molecule has 94 valence electrons. The molecule has 3 heteroatoms. The highest BCUT2D eigenvalue weighted by Crippen LogP contribution is 2.36. The summed E-state index contributed by atoms with van der Waals surface area (Å²) in [6.45, 7) is 2.95. The fourth-order valence-corrected chi connectivity index (χ4v) is 2.59. The lowest BCUT2D eigenvalue weighted by molar-refractivity contribution is 0.459. The van der Waals surface area contributed by atoms with Crippen LogP contribution in [0.3, 0.4) is 0 Å². The zero-order valence-corrected chi connectivity index (χ0v) is 11.8. The van der Waals surface area contributed by atoms with Crippen molar-refractivity contribution in [3.8, 4) is 0 Å². The number of nitrogens with one attached hydrogen (secondary N) is 1. The molecule has 1 nitrogen and oxygen atoms in total. The fourth-order valence-electron chi connectivity index (χ4n) is 2.21. The van der Waals surface area contributed by atoms with E-state index >= 15 is 0 Å². The third-order valence-electron chi connectivity index (χ3n) is 3.37. The van der Waals surface area contributed by atoms with Crippen LogP contribution >= 0.6 is 15.9 Å². The van der Waals surface area contributed by atoms with Gasteiger partial charge in [0.2, 0.25) is 0 Å². The Bertz CT molecular complexity index is 376. The molecule has 0 saturated heterocycles. The first-order valence-electron chi connectivity index (χ1n) is 6.39. The third kappa shape index (κ3) is 3.52. The lowest BCUT2D eigenvalue weighted by Gasteiger charge is -2.19.